The van der Waals surface area contributed by atoms with Gasteiger partial charge in [-0.15, -0.1) is 0 Å². The van der Waals surface area contributed by atoms with Crippen LogP contribution in [0.15, 0.2) is 261 Å². The summed E-state index contributed by atoms with van der Waals surface area (Å²) in [6, 6.07) is 95.9. The normalized spacial score (nSPS) is 14.0. The van der Waals surface area contributed by atoms with E-state index in [9.17, 15) is 0 Å². The molecule has 11 aromatic carbocycles. The van der Waals surface area contributed by atoms with Gasteiger partial charge in [-0.1, -0.05) is 200 Å². The highest BCUT2D eigenvalue weighted by Gasteiger charge is 2.41. The molecule has 0 fully saturated rings. The fourth-order valence-corrected chi connectivity index (χ4v) is 11.3. The number of aromatic nitrogens is 1. The fourth-order valence-electron chi connectivity index (χ4n) is 11.3. The molecule has 1 aromatic heterocycles. The quantitative estimate of drug-likeness (QED) is 0.148. The summed E-state index contributed by atoms with van der Waals surface area (Å²) in [6.07, 6.45) is 0. The second kappa shape index (κ2) is 16.0. The molecule has 2 heteroatoms. The lowest BCUT2D eigenvalue weighted by atomic mass is 9.74. The van der Waals surface area contributed by atoms with Crippen LogP contribution in [-0.2, 0) is 5.41 Å². The van der Waals surface area contributed by atoms with Crippen molar-refractivity contribution in [2.24, 2.45) is 0 Å². The predicted molar refractivity (Wildman–Crippen MR) is 287 cm³/mol. The third-order valence-electron chi connectivity index (χ3n) is 14.5. The lowest BCUT2D eigenvalue weighted by Gasteiger charge is -2.32. The summed E-state index contributed by atoms with van der Waals surface area (Å²) in [4.78, 5) is 2.50. The molecular formula is C66H46N2. The van der Waals surface area contributed by atoms with Crippen LogP contribution in [-0.4, -0.2) is 4.57 Å². The zero-order valence-electron chi connectivity index (χ0n) is 37.7. The standard InChI is InChI=1S/C66H46N2/c1-66(49-25-7-3-8-26-49)60-35-14-11-30-54(60)55-40-39-52(44-61(55)66)67(62-36-15-12-31-56(62)58-34-19-23-46-22-18-33-53(65(46)58)45-20-5-2-6-21-45)51-29-17-24-47(42-51)48-38-41-64-59(43-48)57-32-13-16-37-63(57)68(64)50-27-9-4-10-28-50/h2-44H,1H3. The van der Waals surface area contributed by atoms with Crippen molar-refractivity contribution in [3.8, 4) is 50.2 Å². The first-order chi connectivity index (χ1) is 33.6. The van der Waals surface area contributed by atoms with Gasteiger partial charge in [0.15, 0.2) is 0 Å². The highest BCUT2D eigenvalue weighted by atomic mass is 15.1. The molecule has 320 valence electrons. The van der Waals surface area contributed by atoms with Gasteiger partial charge >= 0.3 is 0 Å². The minimum Gasteiger partial charge on any atom is -0.310 e. The zero-order valence-corrected chi connectivity index (χ0v) is 37.7. The van der Waals surface area contributed by atoms with Gasteiger partial charge in [-0.05, 0) is 134 Å². The van der Waals surface area contributed by atoms with E-state index in [0.717, 1.165) is 33.9 Å². The maximum atomic E-state index is 2.50. The summed E-state index contributed by atoms with van der Waals surface area (Å²) in [5, 5.41) is 4.93. The number of fused-ring (bicyclic) bond motifs is 7. The molecule has 1 heterocycles. The molecule has 0 saturated carbocycles. The molecule has 0 aliphatic heterocycles. The van der Waals surface area contributed by atoms with E-state index in [2.05, 4.69) is 277 Å². The van der Waals surface area contributed by atoms with E-state index in [4.69, 9.17) is 0 Å². The summed E-state index contributed by atoms with van der Waals surface area (Å²) in [7, 11) is 0. The molecular weight excluding hydrogens is 821 g/mol. The van der Waals surface area contributed by atoms with Crippen LogP contribution in [0.3, 0.4) is 0 Å². The molecule has 1 unspecified atom stereocenters. The van der Waals surface area contributed by atoms with Crippen LogP contribution in [0.2, 0.25) is 0 Å². The van der Waals surface area contributed by atoms with Gasteiger partial charge in [-0.2, -0.15) is 0 Å². The number of para-hydroxylation sites is 3. The van der Waals surface area contributed by atoms with E-state index in [1.54, 1.807) is 0 Å². The summed E-state index contributed by atoms with van der Waals surface area (Å²) >= 11 is 0. The average Bonchev–Trinajstić information content (AvgIpc) is 3.88. The molecule has 1 aliphatic rings. The van der Waals surface area contributed by atoms with Crippen molar-refractivity contribution in [2.45, 2.75) is 12.3 Å². The lowest BCUT2D eigenvalue weighted by molar-refractivity contribution is 0.714. The Balaban J connectivity index is 1.04. The fraction of sp³-hybridized carbons (Fsp3) is 0.0303. The smallest absolute Gasteiger partial charge is 0.0541 e. The second-order valence-electron chi connectivity index (χ2n) is 18.2. The summed E-state index contributed by atoms with van der Waals surface area (Å²) < 4.78 is 2.38. The molecule has 0 spiro atoms. The van der Waals surface area contributed by atoms with Gasteiger partial charge in [0, 0.05) is 38.8 Å². The van der Waals surface area contributed by atoms with Crippen molar-refractivity contribution in [3.05, 3.63) is 278 Å². The Kier molecular flexibility index (Phi) is 9.33. The van der Waals surface area contributed by atoms with Gasteiger partial charge in [0.2, 0.25) is 0 Å². The highest BCUT2D eigenvalue weighted by Crippen LogP contribution is 2.54. The Labute approximate surface area is 397 Å². The Hall–Kier alpha value is -8.72. The van der Waals surface area contributed by atoms with E-state index < -0.39 is 0 Å². The molecule has 1 atom stereocenters. The molecule has 68 heavy (non-hydrogen) atoms. The zero-order chi connectivity index (χ0) is 45.2. The van der Waals surface area contributed by atoms with Crippen LogP contribution in [0.1, 0.15) is 23.6 Å². The molecule has 1 aliphatic carbocycles. The van der Waals surface area contributed by atoms with Gasteiger partial charge in [0.25, 0.3) is 0 Å². The predicted octanol–water partition coefficient (Wildman–Crippen LogP) is 17.7. The van der Waals surface area contributed by atoms with Gasteiger partial charge in [0.1, 0.15) is 0 Å². The van der Waals surface area contributed by atoms with Gasteiger partial charge in [-0.3, -0.25) is 0 Å². The number of rotatable bonds is 8. The van der Waals surface area contributed by atoms with Crippen LogP contribution in [0, 0.1) is 0 Å². The average molecular weight is 867 g/mol. The van der Waals surface area contributed by atoms with E-state index in [1.165, 1.54) is 82.6 Å². The number of anilines is 3. The minimum atomic E-state index is -0.356. The maximum Gasteiger partial charge on any atom is 0.0541 e. The van der Waals surface area contributed by atoms with Crippen molar-refractivity contribution >= 4 is 49.6 Å². The molecule has 0 saturated heterocycles. The van der Waals surface area contributed by atoms with Crippen molar-refractivity contribution in [1.82, 2.24) is 4.57 Å². The van der Waals surface area contributed by atoms with E-state index >= 15 is 0 Å². The highest BCUT2D eigenvalue weighted by molar-refractivity contribution is 6.11. The number of nitrogens with zero attached hydrogens (tertiary/aromatic N) is 2. The van der Waals surface area contributed by atoms with E-state index in [-0.39, 0.29) is 5.41 Å². The summed E-state index contributed by atoms with van der Waals surface area (Å²) in [5.41, 5.74) is 20.1. The molecule has 0 N–H and O–H groups in total. The number of hydrogen-bond donors (Lipinski definition) is 0. The van der Waals surface area contributed by atoms with Crippen LogP contribution >= 0.6 is 0 Å². The summed E-state index contributed by atoms with van der Waals surface area (Å²) in [5.74, 6) is 0. The molecule has 0 radical (unpaired) electrons. The van der Waals surface area contributed by atoms with Gasteiger partial charge in [-0.25, -0.2) is 0 Å². The van der Waals surface area contributed by atoms with Crippen LogP contribution in [0.4, 0.5) is 17.1 Å². The van der Waals surface area contributed by atoms with Crippen molar-refractivity contribution in [2.75, 3.05) is 4.90 Å². The van der Waals surface area contributed by atoms with Crippen molar-refractivity contribution < 1.29 is 0 Å². The second-order valence-corrected chi connectivity index (χ2v) is 18.2. The first kappa shape index (κ1) is 39.6. The SMILES string of the molecule is CC1(c2ccccc2)c2ccccc2-c2ccc(N(c3cccc(-c4ccc5c(c4)c4ccccc4n5-c4ccccc4)c3)c3ccccc3-c3cccc4cccc(-c5ccccc5)c34)cc21. The summed E-state index contributed by atoms with van der Waals surface area (Å²) in [6.45, 7) is 2.40. The van der Waals surface area contributed by atoms with Gasteiger partial charge < -0.3 is 9.47 Å². The lowest BCUT2D eigenvalue weighted by Crippen LogP contribution is -2.22. The minimum absolute atomic E-state index is 0.356. The molecule has 0 amide bonds. The van der Waals surface area contributed by atoms with Crippen LogP contribution < -0.4 is 4.90 Å². The van der Waals surface area contributed by atoms with E-state index in [1.807, 2.05) is 0 Å². The topological polar surface area (TPSA) is 8.17 Å². The monoisotopic (exact) mass is 866 g/mol. The van der Waals surface area contributed by atoms with Crippen molar-refractivity contribution in [1.29, 1.82) is 0 Å². The molecule has 12 aromatic rings. The van der Waals surface area contributed by atoms with E-state index in [0.29, 0.717) is 0 Å². The Morgan fingerprint density at radius 3 is 1.76 bits per heavy atom. The first-order valence-electron chi connectivity index (χ1n) is 23.6. The third-order valence-corrected chi connectivity index (χ3v) is 14.5. The maximum absolute atomic E-state index is 2.50. The Morgan fingerprint density at radius 1 is 0.353 bits per heavy atom. The molecule has 13 rings (SSSR count). The first-order valence-corrected chi connectivity index (χ1v) is 23.6. The van der Waals surface area contributed by atoms with Gasteiger partial charge in [0.05, 0.1) is 16.7 Å². The number of hydrogen-bond acceptors (Lipinski definition) is 1. The Bertz CT molecular complexity index is 3860. The molecule has 0 bridgehead atoms. The Morgan fingerprint density at radius 2 is 0.941 bits per heavy atom. The number of benzene rings is 11. The van der Waals surface area contributed by atoms with Crippen molar-refractivity contribution in [3.63, 3.8) is 0 Å². The van der Waals surface area contributed by atoms with Crippen LogP contribution in [0.5, 0.6) is 0 Å². The molecule has 2 nitrogen and oxygen atoms in total. The largest absolute Gasteiger partial charge is 0.310 e. The third kappa shape index (κ3) is 6.26. The van der Waals surface area contributed by atoms with Crippen LogP contribution in [0.25, 0.3) is 82.8 Å².